The molecule has 0 radical (unpaired) electrons. The maximum absolute atomic E-state index is 13.9. The first-order chi connectivity index (χ1) is 14.0. The first-order valence-corrected chi connectivity index (χ1v) is 8.94. The van der Waals surface area contributed by atoms with Gasteiger partial charge in [-0.1, -0.05) is 24.3 Å². The predicted octanol–water partition coefficient (Wildman–Crippen LogP) is 4.90. The van der Waals surface area contributed by atoms with E-state index in [4.69, 9.17) is 16.6 Å². The zero-order valence-corrected chi connectivity index (χ0v) is 15.6. The van der Waals surface area contributed by atoms with Crippen LogP contribution < -0.4 is 10.6 Å². The quantitative estimate of drug-likeness (QED) is 0.471. The largest absolute Gasteiger partial charge is 0.436 e. The van der Waals surface area contributed by atoms with Crippen LogP contribution >= 0.6 is 12.2 Å². The third-order valence-corrected chi connectivity index (χ3v) is 4.30. The number of fused-ring (bicyclic) bond motifs is 1. The van der Waals surface area contributed by atoms with Crippen molar-refractivity contribution in [2.75, 3.05) is 5.32 Å². The number of anilines is 1. The van der Waals surface area contributed by atoms with E-state index in [0.29, 0.717) is 16.8 Å². The molecule has 2 N–H and O–H groups in total. The van der Waals surface area contributed by atoms with Crippen molar-refractivity contribution in [3.63, 3.8) is 0 Å². The van der Waals surface area contributed by atoms with Crippen LogP contribution in [0.5, 0.6) is 0 Å². The second kappa shape index (κ2) is 7.76. The van der Waals surface area contributed by atoms with Gasteiger partial charge in [-0.2, -0.15) is 0 Å². The second-order valence-corrected chi connectivity index (χ2v) is 6.48. The van der Waals surface area contributed by atoms with E-state index >= 15 is 0 Å². The highest BCUT2D eigenvalue weighted by Gasteiger charge is 2.14. The van der Waals surface area contributed by atoms with Crippen molar-refractivity contribution in [2.45, 2.75) is 0 Å². The Labute approximate surface area is 169 Å². The van der Waals surface area contributed by atoms with Gasteiger partial charge in [0.2, 0.25) is 5.89 Å². The lowest BCUT2D eigenvalue weighted by atomic mass is 10.2. The fourth-order valence-electron chi connectivity index (χ4n) is 2.73. The molecule has 0 spiro atoms. The normalized spacial score (nSPS) is 10.7. The molecule has 4 aromatic rings. The summed E-state index contributed by atoms with van der Waals surface area (Å²) >= 11 is 5.12. The minimum atomic E-state index is -0.662. The zero-order chi connectivity index (χ0) is 20.4. The minimum absolute atomic E-state index is 0.00424. The number of benzene rings is 3. The van der Waals surface area contributed by atoms with E-state index in [1.165, 1.54) is 24.3 Å². The number of hydrogen-bond donors (Lipinski definition) is 2. The average Bonchev–Trinajstić information content (AvgIpc) is 3.11. The summed E-state index contributed by atoms with van der Waals surface area (Å²) in [5, 5.41) is 5.25. The Balaban J connectivity index is 1.51. The molecule has 1 amide bonds. The van der Waals surface area contributed by atoms with Gasteiger partial charge in [0.1, 0.15) is 17.2 Å². The van der Waals surface area contributed by atoms with Crippen LogP contribution in [0.25, 0.3) is 22.6 Å². The Morgan fingerprint density at radius 1 is 0.966 bits per heavy atom. The number of hydrogen-bond acceptors (Lipinski definition) is 4. The third kappa shape index (κ3) is 3.97. The molecule has 0 atom stereocenters. The highest BCUT2D eigenvalue weighted by atomic mass is 32.1. The molecular weight excluding hydrogens is 396 g/mol. The van der Waals surface area contributed by atoms with Gasteiger partial charge in [-0.25, -0.2) is 13.8 Å². The van der Waals surface area contributed by atoms with Crippen molar-refractivity contribution in [2.24, 2.45) is 0 Å². The highest BCUT2D eigenvalue weighted by molar-refractivity contribution is 7.80. The van der Waals surface area contributed by atoms with Gasteiger partial charge in [-0.3, -0.25) is 10.1 Å². The van der Waals surface area contributed by atoms with Crippen LogP contribution in [0.3, 0.4) is 0 Å². The number of rotatable bonds is 3. The van der Waals surface area contributed by atoms with E-state index in [1.807, 2.05) is 0 Å². The van der Waals surface area contributed by atoms with Crippen LogP contribution in [0, 0.1) is 11.6 Å². The van der Waals surface area contributed by atoms with Gasteiger partial charge in [-0.05, 0) is 54.7 Å². The van der Waals surface area contributed by atoms with Crippen molar-refractivity contribution in [3.05, 3.63) is 83.9 Å². The van der Waals surface area contributed by atoms with E-state index in [2.05, 4.69) is 15.6 Å². The lowest BCUT2D eigenvalue weighted by molar-refractivity contribution is 0.0974. The molecule has 0 aliphatic rings. The molecule has 0 saturated heterocycles. The lowest BCUT2D eigenvalue weighted by Gasteiger charge is -2.09. The van der Waals surface area contributed by atoms with E-state index in [1.54, 1.807) is 42.5 Å². The van der Waals surface area contributed by atoms with Crippen LogP contribution in [0.4, 0.5) is 14.5 Å². The Morgan fingerprint density at radius 3 is 2.45 bits per heavy atom. The maximum Gasteiger partial charge on any atom is 0.260 e. The number of thiocarbonyl (C=S) groups is 1. The Kier molecular flexibility index (Phi) is 5.01. The van der Waals surface area contributed by atoms with Gasteiger partial charge in [0, 0.05) is 5.69 Å². The molecule has 144 valence electrons. The molecular formula is C21H13F2N3O2S. The van der Waals surface area contributed by atoms with Gasteiger partial charge in [0.15, 0.2) is 10.7 Å². The van der Waals surface area contributed by atoms with Crippen molar-refractivity contribution in [3.8, 4) is 11.5 Å². The van der Waals surface area contributed by atoms with Gasteiger partial charge in [0.05, 0.1) is 11.1 Å². The molecule has 29 heavy (non-hydrogen) atoms. The third-order valence-electron chi connectivity index (χ3n) is 4.10. The summed E-state index contributed by atoms with van der Waals surface area (Å²) in [7, 11) is 0. The standard InChI is InChI=1S/C21H13F2N3O2S/c22-15-7-3-1-5-13(15)19(27)26-21(29)24-12-9-10-18-17(11-12)25-20(28-18)14-6-2-4-8-16(14)23/h1-11H,(H2,24,26,27,29). The summed E-state index contributed by atoms with van der Waals surface area (Å²) in [5.41, 5.74) is 1.63. The maximum atomic E-state index is 13.9. The topological polar surface area (TPSA) is 67.2 Å². The molecule has 1 heterocycles. The summed E-state index contributed by atoms with van der Waals surface area (Å²) in [6, 6.07) is 16.7. The van der Waals surface area contributed by atoms with Gasteiger partial charge in [-0.15, -0.1) is 0 Å². The number of nitrogens with one attached hydrogen (secondary N) is 2. The summed E-state index contributed by atoms with van der Waals surface area (Å²) in [6.07, 6.45) is 0. The molecule has 0 aliphatic carbocycles. The van der Waals surface area contributed by atoms with E-state index in [-0.39, 0.29) is 22.1 Å². The van der Waals surface area contributed by atoms with Crippen LogP contribution in [0.15, 0.2) is 71.1 Å². The molecule has 4 rings (SSSR count). The molecule has 0 bridgehead atoms. The Bertz CT molecular complexity index is 1240. The molecule has 0 saturated carbocycles. The molecule has 0 unspecified atom stereocenters. The van der Waals surface area contributed by atoms with Gasteiger partial charge < -0.3 is 9.73 Å². The summed E-state index contributed by atoms with van der Waals surface area (Å²) in [6.45, 7) is 0. The van der Waals surface area contributed by atoms with E-state index in [0.717, 1.165) is 0 Å². The minimum Gasteiger partial charge on any atom is -0.436 e. The van der Waals surface area contributed by atoms with Gasteiger partial charge in [0.25, 0.3) is 5.91 Å². The van der Waals surface area contributed by atoms with E-state index < -0.39 is 17.5 Å². The summed E-state index contributed by atoms with van der Waals surface area (Å²) in [4.78, 5) is 16.4. The molecule has 8 heteroatoms. The van der Waals surface area contributed by atoms with E-state index in [9.17, 15) is 13.6 Å². The van der Waals surface area contributed by atoms with Crippen molar-refractivity contribution >= 4 is 40.0 Å². The van der Waals surface area contributed by atoms with Crippen LogP contribution in [0.1, 0.15) is 10.4 Å². The predicted molar refractivity (Wildman–Crippen MR) is 109 cm³/mol. The van der Waals surface area contributed by atoms with Crippen molar-refractivity contribution < 1.29 is 18.0 Å². The smallest absolute Gasteiger partial charge is 0.260 e. The Morgan fingerprint density at radius 2 is 1.69 bits per heavy atom. The Hall–Kier alpha value is -3.65. The highest BCUT2D eigenvalue weighted by Crippen LogP contribution is 2.27. The average molecular weight is 409 g/mol. The summed E-state index contributed by atoms with van der Waals surface area (Å²) in [5.74, 6) is -1.58. The first-order valence-electron chi connectivity index (χ1n) is 8.53. The van der Waals surface area contributed by atoms with Crippen LogP contribution in [0.2, 0.25) is 0 Å². The number of carbonyl (C=O) groups is 1. The molecule has 1 aromatic heterocycles. The van der Waals surface area contributed by atoms with Crippen molar-refractivity contribution in [1.82, 2.24) is 10.3 Å². The van der Waals surface area contributed by atoms with Crippen molar-refractivity contribution in [1.29, 1.82) is 0 Å². The number of nitrogens with zero attached hydrogens (tertiary/aromatic N) is 1. The number of aromatic nitrogens is 1. The van der Waals surface area contributed by atoms with Gasteiger partial charge >= 0.3 is 0 Å². The number of amides is 1. The molecule has 0 fully saturated rings. The molecule has 3 aromatic carbocycles. The number of halogens is 2. The monoisotopic (exact) mass is 409 g/mol. The first kappa shape index (κ1) is 18.7. The van der Waals surface area contributed by atoms with Crippen LogP contribution in [-0.2, 0) is 0 Å². The number of oxazole rings is 1. The molecule has 0 aliphatic heterocycles. The lowest BCUT2D eigenvalue weighted by Crippen LogP contribution is -2.34. The fourth-order valence-corrected chi connectivity index (χ4v) is 2.94. The van der Waals surface area contributed by atoms with Crippen LogP contribution in [-0.4, -0.2) is 16.0 Å². The SMILES string of the molecule is O=C(NC(=S)Nc1ccc2oc(-c3ccccc3F)nc2c1)c1ccccc1F. The zero-order valence-electron chi connectivity index (χ0n) is 14.8. The number of carbonyl (C=O) groups excluding carboxylic acids is 1. The molecule has 5 nitrogen and oxygen atoms in total. The fraction of sp³-hybridized carbons (Fsp3) is 0. The second-order valence-electron chi connectivity index (χ2n) is 6.07. The summed E-state index contributed by atoms with van der Waals surface area (Å²) < 4.78 is 33.2.